The SMILES string of the molecule is COc1ccc(Cc2nc(C(=O)c3ccccc3OC)c(O)c(=O)[nH]2)cc1. The van der Waals surface area contributed by atoms with E-state index in [2.05, 4.69) is 9.97 Å². The lowest BCUT2D eigenvalue weighted by Gasteiger charge is -2.09. The van der Waals surface area contributed by atoms with Gasteiger partial charge in [-0.25, -0.2) is 4.98 Å². The molecular formula is C20H18N2O5. The number of ketones is 1. The van der Waals surface area contributed by atoms with Crippen molar-refractivity contribution < 1.29 is 19.4 Å². The first-order valence-corrected chi connectivity index (χ1v) is 8.16. The molecule has 1 heterocycles. The zero-order valence-electron chi connectivity index (χ0n) is 14.9. The van der Waals surface area contributed by atoms with Crippen LogP contribution in [0.4, 0.5) is 0 Å². The van der Waals surface area contributed by atoms with Crippen molar-refractivity contribution in [2.45, 2.75) is 6.42 Å². The van der Waals surface area contributed by atoms with Gasteiger partial charge in [0.2, 0.25) is 11.5 Å². The van der Waals surface area contributed by atoms with E-state index < -0.39 is 17.1 Å². The lowest BCUT2D eigenvalue weighted by molar-refractivity contribution is 0.102. The van der Waals surface area contributed by atoms with Crippen LogP contribution in [0.15, 0.2) is 53.3 Å². The minimum atomic E-state index is -0.772. The highest BCUT2D eigenvalue weighted by Gasteiger charge is 2.22. The number of aromatic hydroxyl groups is 1. The molecule has 0 aliphatic heterocycles. The van der Waals surface area contributed by atoms with E-state index in [1.807, 2.05) is 12.1 Å². The van der Waals surface area contributed by atoms with Gasteiger partial charge in [0.1, 0.15) is 17.3 Å². The van der Waals surface area contributed by atoms with Crippen LogP contribution in [0.25, 0.3) is 0 Å². The van der Waals surface area contributed by atoms with Crippen molar-refractivity contribution in [1.82, 2.24) is 9.97 Å². The Bertz CT molecular complexity index is 1030. The molecule has 7 nitrogen and oxygen atoms in total. The number of nitrogens with one attached hydrogen (secondary N) is 1. The summed E-state index contributed by atoms with van der Waals surface area (Å²) in [6.07, 6.45) is 0.283. The van der Waals surface area contributed by atoms with Gasteiger partial charge in [-0.05, 0) is 29.8 Å². The maximum atomic E-state index is 12.8. The smallest absolute Gasteiger partial charge is 0.293 e. The van der Waals surface area contributed by atoms with Gasteiger partial charge in [0.15, 0.2) is 5.69 Å². The maximum Gasteiger partial charge on any atom is 0.293 e. The molecule has 0 saturated heterocycles. The van der Waals surface area contributed by atoms with Crippen LogP contribution in [-0.2, 0) is 6.42 Å². The van der Waals surface area contributed by atoms with Gasteiger partial charge in [-0.3, -0.25) is 9.59 Å². The van der Waals surface area contributed by atoms with Crippen LogP contribution < -0.4 is 15.0 Å². The van der Waals surface area contributed by atoms with Crippen LogP contribution in [0.2, 0.25) is 0 Å². The molecule has 138 valence electrons. The Morgan fingerprint density at radius 1 is 1.07 bits per heavy atom. The number of hydrogen-bond donors (Lipinski definition) is 2. The van der Waals surface area contributed by atoms with Crippen molar-refractivity contribution in [2.75, 3.05) is 14.2 Å². The highest BCUT2D eigenvalue weighted by Crippen LogP contribution is 2.23. The van der Waals surface area contributed by atoms with Crippen molar-refractivity contribution in [3.63, 3.8) is 0 Å². The molecule has 0 radical (unpaired) electrons. The summed E-state index contributed by atoms with van der Waals surface area (Å²) in [4.78, 5) is 31.6. The molecule has 3 aromatic rings. The van der Waals surface area contributed by atoms with E-state index in [9.17, 15) is 14.7 Å². The molecular weight excluding hydrogens is 348 g/mol. The largest absolute Gasteiger partial charge is 0.501 e. The van der Waals surface area contributed by atoms with Gasteiger partial charge < -0.3 is 19.6 Å². The summed E-state index contributed by atoms with van der Waals surface area (Å²) in [6.45, 7) is 0. The molecule has 0 spiro atoms. The fraction of sp³-hybridized carbons (Fsp3) is 0.150. The molecule has 0 saturated carbocycles. The zero-order valence-corrected chi connectivity index (χ0v) is 14.9. The van der Waals surface area contributed by atoms with Gasteiger partial charge in [0.25, 0.3) is 5.56 Å². The highest BCUT2D eigenvalue weighted by molar-refractivity contribution is 6.10. The number of carbonyl (C=O) groups is 1. The van der Waals surface area contributed by atoms with Crippen LogP contribution >= 0.6 is 0 Å². The molecule has 0 amide bonds. The molecule has 0 unspecified atom stereocenters. The molecule has 1 aromatic heterocycles. The lowest BCUT2D eigenvalue weighted by atomic mass is 10.1. The number of aromatic nitrogens is 2. The lowest BCUT2D eigenvalue weighted by Crippen LogP contribution is -2.18. The molecule has 0 atom stereocenters. The molecule has 3 rings (SSSR count). The summed E-state index contributed by atoms with van der Waals surface area (Å²) in [5.41, 5.74) is -0.0114. The summed E-state index contributed by atoms with van der Waals surface area (Å²) < 4.78 is 10.3. The van der Waals surface area contributed by atoms with Crippen molar-refractivity contribution in [1.29, 1.82) is 0 Å². The first kappa shape index (κ1) is 18.2. The van der Waals surface area contributed by atoms with Crippen molar-refractivity contribution in [3.05, 3.63) is 81.5 Å². The second kappa shape index (κ2) is 7.74. The summed E-state index contributed by atoms with van der Waals surface area (Å²) >= 11 is 0. The van der Waals surface area contributed by atoms with Gasteiger partial charge in [-0.2, -0.15) is 0 Å². The summed E-state index contributed by atoms with van der Waals surface area (Å²) in [5.74, 6) is -0.00346. The monoisotopic (exact) mass is 366 g/mol. The molecule has 2 aromatic carbocycles. The second-order valence-electron chi connectivity index (χ2n) is 5.76. The summed E-state index contributed by atoms with van der Waals surface area (Å²) in [7, 11) is 3.01. The number of hydrogen-bond acceptors (Lipinski definition) is 6. The van der Waals surface area contributed by atoms with E-state index in [0.717, 1.165) is 5.56 Å². The zero-order chi connectivity index (χ0) is 19.4. The van der Waals surface area contributed by atoms with E-state index in [-0.39, 0.29) is 23.5 Å². The third-order valence-electron chi connectivity index (χ3n) is 4.04. The van der Waals surface area contributed by atoms with E-state index in [4.69, 9.17) is 9.47 Å². The standard InChI is InChI=1S/C20H18N2O5/c1-26-13-9-7-12(8-10-13)11-16-21-17(19(24)20(25)22-16)18(23)14-5-3-4-6-15(14)27-2/h3-10,24H,11H2,1-2H3,(H,21,22,25). The topological polar surface area (TPSA) is 102 Å². The van der Waals surface area contributed by atoms with Gasteiger partial charge >= 0.3 is 0 Å². The highest BCUT2D eigenvalue weighted by atomic mass is 16.5. The minimum Gasteiger partial charge on any atom is -0.501 e. The van der Waals surface area contributed by atoms with E-state index in [1.165, 1.54) is 7.11 Å². The Labute approximate surface area is 155 Å². The quantitative estimate of drug-likeness (QED) is 0.649. The summed E-state index contributed by atoms with van der Waals surface area (Å²) in [5, 5.41) is 10.1. The number of carbonyl (C=O) groups excluding carboxylic acids is 1. The normalized spacial score (nSPS) is 10.4. The Morgan fingerprint density at radius 3 is 2.44 bits per heavy atom. The first-order chi connectivity index (χ1) is 13.0. The average molecular weight is 366 g/mol. The van der Waals surface area contributed by atoms with Gasteiger partial charge in [-0.15, -0.1) is 0 Å². The van der Waals surface area contributed by atoms with Crippen LogP contribution in [0.1, 0.15) is 27.4 Å². The number of methoxy groups -OCH3 is 2. The number of H-pyrrole nitrogens is 1. The van der Waals surface area contributed by atoms with E-state index in [1.54, 1.807) is 43.5 Å². The van der Waals surface area contributed by atoms with Gasteiger partial charge in [0.05, 0.1) is 19.8 Å². The van der Waals surface area contributed by atoms with E-state index in [0.29, 0.717) is 11.5 Å². The average Bonchev–Trinajstić information content (AvgIpc) is 2.70. The van der Waals surface area contributed by atoms with Crippen LogP contribution in [-0.4, -0.2) is 35.1 Å². The van der Waals surface area contributed by atoms with Crippen molar-refractivity contribution in [3.8, 4) is 17.2 Å². The number of benzene rings is 2. The number of ether oxygens (including phenoxy) is 2. The Kier molecular flexibility index (Phi) is 5.21. The molecule has 0 fully saturated rings. The number of nitrogens with zero attached hydrogens (tertiary/aromatic N) is 1. The van der Waals surface area contributed by atoms with Gasteiger partial charge in [-0.1, -0.05) is 24.3 Å². The number of para-hydroxylation sites is 1. The molecule has 0 bridgehead atoms. The number of rotatable bonds is 6. The Hall–Kier alpha value is -3.61. The molecule has 27 heavy (non-hydrogen) atoms. The third-order valence-corrected chi connectivity index (χ3v) is 4.04. The molecule has 0 aliphatic rings. The second-order valence-corrected chi connectivity index (χ2v) is 5.76. The maximum absolute atomic E-state index is 12.8. The van der Waals surface area contributed by atoms with Gasteiger partial charge in [0, 0.05) is 6.42 Å². The van der Waals surface area contributed by atoms with E-state index >= 15 is 0 Å². The molecule has 7 heteroatoms. The predicted octanol–water partition coefficient (Wildman–Crippen LogP) is 2.31. The van der Waals surface area contributed by atoms with Crippen LogP contribution in [0.5, 0.6) is 17.2 Å². The molecule has 2 N–H and O–H groups in total. The number of aromatic amines is 1. The van der Waals surface area contributed by atoms with Crippen LogP contribution in [0.3, 0.4) is 0 Å². The predicted molar refractivity (Wildman–Crippen MR) is 98.7 cm³/mol. The first-order valence-electron chi connectivity index (χ1n) is 8.16. The Balaban J connectivity index is 1.98. The fourth-order valence-corrected chi connectivity index (χ4v) is 2.65. The summed E-state index contributed by atoms with van der Waals surface area (Å²) in [6, 6.07) is 13.8. The van der Waals surface area contributed by atoms with Crippen molar-refractivity contribution in [2.24, 2.45) is 0 Å². The fourth-order valence-electron chi connectivity index (χ4n) is 2.65. The molecule has 0 aliphatic carbocycles. The Morgan fingerprint density at radius 2 is 1.78 bits per heavy atom. The van der Waals surface area contributed by atoms with Crippen LogP contribution in [0, 0.1) is 0 Å². The third kappa shape index (κ3) is 3.82. The van der Waals surface area contributed by atoms with Crippen molar-refractivity contribution >= 4 is 5.78 Å². The minimum absolute atomic E-state index is 0.212.